The van der Waals surface area contributed by atoms with Gasteiger partial charge < -0.3 is 24.5 Å². The van der Waals surface area contributed by atoms with E-state index in [1.165, 1.54) is 21.3 Å². The average molecular weight is 410 g/mol. The van der Waals surface area contributed by atoms with Gasteiger partial charge in [0.25, 0.3) is 11.5 Å². The Balaban J connectivity index is 1.77. The zero-order chi connectivity index (χ0) is 21.8. The minimum atomic E-state index is -0.293. The minimum Gasteiger partial charge on any atom is -0.493 e. The maximum absolute atomic E-state index is 12.6. The van der Waals surface area contributed by atoms with Crippen molar-refractivity contribution in [2.45, 2.75) is 20.3 Å². The number of H-pyrrole nitrogens is 1. The van der Waals surface area contributed by atoms with Crippen molar-refractivity contribution in [3.05, 3.63) is 62.9 Å². The van der Waals surface area contributed by atoms with Crippen LogP contribution in [0.2, 0.25) is 0 Å². The molecule has 0 aliphatic carbocycles. The Morgan fingerprint density at radius 2 is 1.60 bits per heavy atom. The number of hydrogen-bond donors (Lipinski definition) is 2. The van der Waals surface area contributed by atoms with E-state index in [9.17, 15) is 9.59 Å². The van der Waals surface area contributed by atoms with E-state index >= 15 is 0 Å². The summed E-state index contributed by atoms with van der Waals surface area (Å²) in [6, 6.07) is 9.11. The molecule has 0 aliphatic rings. The monoisotopic (exact) mass is 410 g/mol. The predicted octanol–water partition coefficient (Wildman–Crippen LogP) is 3.14. The van der Waals surface area contributed by atoms with E-state index in [4.69, 9.17) is 14.2 Å². The fraction of sp³-hybridized carbons (Fsp3) is 0.304. The first-order valence-corrected chi connectivity index (χ1v) is 9.60. The molecule has 1 aromatic heterocycles. The van der Waals surface area contributed by atoms with Crippen molar-refractivity contribution in [3.63, 3.8) is 0 Å². The molecule has 0 saturated carbocycles. The zero-order valence-electron chi connectivity index (χ0n) is 17.8. The Labute approximate surface area is 175 Å². The van der Waals surface area contributed by atoms with Gasteiger partial charge in [-0.25, -0.2) is 0 Å². The van der Waals surface area contributed by atoms with Crippen molar-refractivity contribution < 1.29 is 19.0 Å². The first-order valence-electron chi connectivity index (χ1n) is 9.60. The number of aromatic nitrogens is 1. The maximum atomic E-state index is 12.6. The molecule has 3 rings (SSSR count). The van der Waals surface area contributed by atoms with Crippen LogP contribution in [0.25, 0.3) is 10.9 Å². The highest BCUT2D eigenvalue weighted by Crippen LogP contribution is 2.38. The third-order valence-corrected chi connectivity index (χ3v) is 5.13. The summed E-state index contributed by atoms with van der Waals surface area (Å²) in [7, 11) is 4.49. The average Bonchev–Trinajstić information content (AvgIpc) is 2.75. The molecule has 0 saturated heterocycles. The topological polar surface area (TPSA) is 89.7 Å². The number of amides is 1. The second-order valence-electron chi connectivity index (χ2n) is 7.03. The Morgan fingerprint density at radius 3 is 2.20 bits per heavy atom. The van der Waals surface area contributed by atoms with E-state index < -0.39 is 0 Å². The van der Waals surface area contributed by atoms with Crippen LogP contribution in [0.15, 0.2) is 35.1 Å². The number of benzene rings is 2. The van der Waals surface area contributed by atoms with Gasteiger partial charge in [0.15, 0.2) is 11.5 Å². The van der Waals surface area contributed by atoms with Crippen LogP contribution in [-0.4, -0.2) is 38.8 Å². The first-order chi connectivity index (χ1) is 14.4. The third kappa shape index (κ3) is 4.10. The molecule has 3 aromatic rings. The molecular formula is C23H26N2O5. The van der Waals surface area contributed by atoms with Gasteiger partial charge in [0.05, 0.1) is 26.8 Å². The van der Waals surface area contributed by atoms with Crippen LogP contribution in [0, 0.1) is 13.8 Å². The van der Waals surface area contributed by atoms with Crippen molar-refractivity contribution in [1.82, 2.24) is 10.3 Å². The number of nitrogens with one attached hydrogen (secondary N) is 2. The van der Waals surface area contributed by atoms with E-state index in [-0.39, 0.29) is 11.5 Å². The molecule has 0 radical (unpaired) electrons. The van der Waals surface area contributed by atoms with Crippen molar-refractivity contribution in [2.24, 2.45) is 0 Å². The summed E-state index contributed by atoms with van der Waals surface area (Å²) in [5.41, 5.74) is 3.83. The third-order valence-electron chi connectivity index (χ3n) is 5.13. The van der Waals surface area contributed by atoms with Crippen molar-refractivity contribution >= 4 is 16.8 Å². The number of carbonyl (C=O) groups is 1. The standard InChI is InChI=1S/C23H26N2O5/c1-13-6-7-14(2)20-17(13)10-15(23(27)25-20)8-9-24-22(26)16-11-18(28-3)21(30-5)19(12-16)29-4/h6-7,10-12H,8-9H2,1-5H3,(H,24,26)(H,25,27). The summed E-state index contributed by atoms with van der Waals surface area (Å²) < 4.78 is 15.9. The lowest BCUT2D eigenvalue weighted by Crippen LogP contribution is -2.27. The van der Waals surface area contributed by atoms with E-state index in [0.29, 0.717) is 41.3 Å². The van der Waals surface area contributed by atoms with Crippen molar-refractivity contribution in [1.29, 1.82) is 0 Å². The molecule has 1 amide bonds. The molecule has 0 unspecified atom stereocenters. The van der Waals surface area contributed by atoms with Crippen molar-refractivity contribution in [3.8, 4) is 17.2 Å². The summed E-state index contributed by atoms with van der Waals surface area (Å²) in [4.78, 5) is 28.0. The van der Waals surface area contributed by atoms with Crippen LogP contribution in [0.3, 0.4) is 0 Å². The molecular weight excluding hydrogens is 384 g/mol. The number of fused-ring (bicyclic) bond motifs is 1. The van der Waals surface area contributed by atoms with E-state index in [1.807, 2.05) is 32.0 Å². The second kappa shape index (κ2) is 8.90. The molecule has 30 heavy (non-hydrogen) atoms. The van der Waals surface area contributed by atoms with Crippen molar-refractivity contribution in [2.75, 3.05) is 27.9 Å². The number of aryl methyl sites for hydroxylation is 2. The van der Waals surface area contributed by atoms with Crippen LogP contribution in [-0.2, 0) is 6.42 Å². The van der Waals surface area contributed by atoms with Gasteiger partial charge in [0.2, 0.25) is 5.75 Å². The lowest BCUT2D eigenvalue weighted by Gasteiger charge is -2.14. The van der Waals surface area contributed by atoms with Gasteiger partial charge in [-0.1, -0.05) is 12.1 Å². The van der Waals surface area contributed by atoms with Crippen LogP contribution in [0.5, 0.6) is 17.2 Å². The minimum absolute atomic E-state index is 0.141. The Bertz CT molecular complexity index is 1130. The number of pyridine rings is 1. The largest absolute Gasteiger partial charge is 0.493 e. The quantitative estimate of drug-likeness (QED) is 0.625. The molecule has 2 aromatic carbocycles. The summed E-state index contributed by atoms with van der Waals surface area (Å²) in [6.07, 6.45) is 0.412. The molecule has 7 heteroatoms. The molecule has 7 nitrogen and oxygen atoms in total. The molecule has 2 N–H and O–H groups in total. The lowest BCUT2D eigenvalue weighted by molar-refractivity contribution is 0.0953. The maximum Gasteiger partial charge on any atom is 0.251 e. The summed E-state index contributed by atoms with van der Waals surface area (Å²) >= 11 is 0. The van der Waals surface area contributed by atoms with Gasteiger partial charge in [-0.2, -0.15) is 0 Å². The number of rotatable bonds is 7. The number of ether oxygens (including phenoxy) is 3. The summed E-state index contributed by atoms with van der Waals surface area (Å²) in [5, 5.41) is 3.86. The van der Waals surface area contributed by atoms with Crippen LogP contribution >= 0.6 is 0 Å². The zero-order valence-corrected chi connectivity index (χ0v) is 17.8. The Kier molecular flexibility index (Phi) is 6.30. The SMILES string of the molecule is COc1cc(C(=O)NCCc2cc3c(C)ccc(C)c3[nH]c2=O)cc(OC)c1OC. The smallest absolute Gasteiger partial charge is 0.251 e. The highest BCUT2D eigenvalue weighted by Gasteiger charge is 2.17. The molecule has 0 bridgehead atoms. The number of methoxy groups -OCH3 is 3. The number of carbonyl (C=O) groups excluding carboxylic acids is 1. The predicted molar refractivity (Wildman–Crippen MR) is 116 cm³/mol. The molecule has 158 valence electrons. The fourth-order valence-corrected chi connectivity index (χ4v) is 3.43. The highest BCUT2D eigenvalue weighted by molar-refractivity contribution is 5.95. The van der Waals surface area contributed by atoms with E-state index in [0.717, 1.165) is 22.0 Å². The Morgan fingerprint density at radius 1 is 0.967 bits per heavy atom. The van der Waals surface area contributed by atoms with E-state index in [2.05, 4.69) is 10.3 Å². The normalized spacial score (nSPS) is 10.7. The molecule has 1 heterocycles. The number of aromatic amines is 1. The van der Waals surface area contributed by atoms with Gasteiger partial charge in [-0.15, -0.1) is 0 Å². The Hall–Kier alpha value is -3.48. The van der Waals surface area contributed by atoms with E-state index in [1.54, 1.807) is 12.1 Å². The van der Waals surface area contributed by atoms with Crippen LogP contribution in [0.1, 0.15) is 27.0 Å². The molecule has 0 spiro atoms. The first kappa shape index (κ1) is 21.2. The van der Waals surface area contributed by atoms with Crippen LogP contribution in [0.4, 0.5) is 0 Å². The van der Waals surface area contributed by atoms with Gasteiger partial charge in [-0.05, 0) is 49.6 Å². The highest BCUT2D eigenvalue weighted by atomic mass is 16.5. The van der Waals surface area contributed by atoms with Gasteiger partial charge >= 0.3 is 0 Å². The molecule has 0 atom stereocenters. The van der Waals surface area contributed by atoms with Gasteiger partial charge in [0, 0.05) is 23.1 Å². The van der Waals surface area contributed by atoms with Gasteiger partial charge in [0.1, 0.15) is 0 Å². The fourth-order valence-electron chi connectivity index (χ4n) is 3.43. The van der Waals surface area contributed by atoms with Gasteiger partial charge in [-0.3, -0.25) is 9.59 Å². The molecule has 0 fully saturated rings. The number of hydrogen-bond acceptors (Lipinski definition) is 5. The summed E-state index contributed by atoms with van der Waals surface area (Å²) in [6.45, 7) is 4.29. The molecule has 0 aliphatic heterocycles. The lowest BCUT2D eigenvalue weighted by atomic mass is 10.0. The summed E-state index contributed by atoms with van der Waals surface area (Å²) in [5.74, 6) is 0.932. The van der Waals surface area contributed by atoms with Crippen LogP contribution < -0.4 is 25.1 Å². The second-order valence-corrected chi connectivity index (χ2v) is 7.03.